The van der Waals surface area contributed by atoms with E-state index in [9.17, 15) is 15.0 Å². The molecule has 4 aromatic carbocycles. The van der Waals surface area contributed by atoms with Crippen LogP contribution in [0.25, 0.3) is 21.9 Å². The van der Waals surface area contributed by atoms with Gasteiger partial charge in [0, 0.05) is 47.6 Å². The maximum atomic E-state index is 15.2. The number of fused-ring (bicyclic) bond motifs is 2. The van der Waals surface area contributed by atoms with Gasteiger partial charge in [-0.25, -0.2) is 4.79 Å². The van der Waals surface area contributed by atoms with Crippen molar-refractivity contribution in [2.45, 2.75) is 76.9 Å². The Morgan fingerprint density at radius 3 is 2.25 bits per heavy atom. The molecule has 7 nitrogen and oxygen atoms in total. The number of rotatable bonds is 10. The van der Waals surface area contributed by atoms with Crippen LogP contribution in [0, 0.1) is 33.5 Å². The molecule has 1 unspecified atom stereocenters. The lowest BCUT2D eigenvalue weighted by atomic mass is 9.32. The third kappa shape index (κ3) is 5.86. The molecule has 0 heterocycles. The highest BCUT2D eigenvalue weighted by molar-refractivity contribution is 6.10. The number of aliphatic hydroxyl groups excluding tert-OH is 1. The van der Waals surface area contributed by atoms with Crippen molar-refractivity contribution in [2.24, 2.45) is 33.5 Å². The maximum absolute atomic E-state index is 15.2. The summed E-state index contributed by atoms with van der Waals surface area (Å²) in [6.07, 6.45) is 11.7. The first kappa shape index (κ1) is 38.0. The van der Waals surface area contributed by atoms with E-state index in [1.54, 1.807) is 12.0 Å². The average molecular weight is 766 g/mol. The van der Waals surface area contributed by atoms with Gasteiger partial charge in [0.1, 0.15) is 5.75 Å². The van der Waals surface area contributed by atoms with E-state index in [1.807, 2.05) is 84.9 Å². The molecule has 57 heavy (non-hydrogen) atoms. The third-order valence-electron chi connectivity index (χ3n) is 15.6. The molecule has 3 fully saturated rings. The molecule has 0 saturated heterocycles. The molecule has 7 heteroatoms. The summed E-state index contributed by atoms with van der Waals surface area (Å²) in [6, 6.07) is 31.8. The van der Waals surface area contributed by atoms with Crippen molar-refractivity contribution in [1.29, 1.82) is 0 Å². The van der Waals surface area contributed by atoms with Crippen molar-refractivity contribution < 1.29 is 29.3 Å². The van der Waals surface area contributed by atoms with Crippen molar-refractivity contribution in [3.05, 3.63) is 126 Å². The molecule has 10 rings (SSSR count). The molecule has 2 spiro atoms. The van der Waals surface area contributed by atoms with Crippen molar-refractivity contribution in [3.8, 4) is 16.9 Å². The van der Waals surface area contributed by atoms with Gasteiger partial charge in [-0.1, -0.05) is 117 Å². The summed E-state index contributed by atoms with van der Waals surface area (Å²) in [5.74, 6) is 0.630. The van der Waals surface area contributed by atoms with Gasteiger partial charge in [0.05, 0.1) is 18.2 Å². The first-order valence-electron chi connectivity index (χ1n) is 20.9. The summed E-state index contributed by atoms with van der Waals surface area (Å²) in [7, 11) is 1.65. The van der Waals surface area contributed by atoms with Gasteiger partial charge in [-0.3, -0.25) is 4.79 Å². The van der Waals surface area contributed by atoms with Crippen LogP contribution in [0.1, 0.15) is 75.6 Å². The lowest BCUT2D eigenvalue weighted by Gasteiger charge is -2.71. The number of nitrogens with zero attached hydrogens (tertiary/aromatic N) is 1. The fraction of sp³-hybridized carbons (Fsp3) is 0.440. The van der Waals surface area contributed by atoms with E-state index >= 15 is 4.79 Å². The Labute approximate surface area is 336 Å². The Morgan fingerprint density at radius 2 is 1.47 bits per heavy atom. The van der Waals surface area contributed by atoms with Gasteiger partial charge in [-0.2, -0.15) is 0 Å². The van der Waals surface area contributed by atoms with Gasteiger partial charge in [0.15, 0.2) is 5.78 Å². The predicted molar refractivity (Wildman–Crippen MR) is 223 cm³/mol. The number of hydrogen-bond acceptors (Lipinski definition) is 6. The third-order valence-corrected chi connectivity index (χ3v) is 15.6. The summed E-state index contributed by atoms with van der Waals surface area (Å²) in [6.45, 7) is 5.60. The van der Waals surface area contributed by atoms with Gasteiger partial charge in [-0.15, -0.1) is 0 Å². The molecule has 0 radical (unpaired) electrons. The summed E-state index contributed by atoms with van der Waals surface area (Å²) in [5.41, 5.74) is 0.663. The van der Waals surface area contributed by atoms with Crippen LogP contribution in [0.5, 0.6) is 5.75 Å². The topological polar surface area (TPSA) is 96.3 Å². The zero-order valence-electron chi connectivity index (χ0n) is 33.5. The molecule has 2 bridgehead atoms. The molecule has 0 aliphatic heterocycles. The quantitative estimate of drug-likeness (QED) is 0.0949. The predicted octanol–water partition coefficient (Wildman–Crippen LogP) is 9.82. The Bertz CT molecular complexity index is 2250. The molecule has 0 aromatic heterocycles. The van der Waals surface area contributed by atoms with Crippen LogP contribution in [0.2, 0.25) is 0 Å². The summed E-state index contributed by atoms with van der Waals surface area (Å²) >= 11 is 0. The molecule has 3 saturated carbocycles. The lowest BCUT2D eigenvalue weighted by molar-refractivity contribution is -0.175. The Balaban J connectivity index is 1.07. The zero-order valence-corrected chi connectivity index (χ0v) is 33.5. The highest BCUT2D eigenvalue weighted by Gasteiger charge is 2.74. The Morgan fingerprint density at radius 1 is 0.789 bits per heavy atom. The Kier molecular flexibility index (Phi) is 9.38. The molecule has 2 N–H and O–H groups in total. The number of benzene rings is 4. The van der Waals surface area contributed by atoms with E-state index in [0.717, 1.165) is 59.6 Å². The number of allylic oxidation sites excluding steroid dienone is 4. The zero-order chi connectivity index (χ0) is 39.6. The van der Waals surface area contributed by atoms with Crippen molar-refractivity contribution in [1.82, 2.24) is 4.90 Å². The molecular weight excluding hydrogens is 711 g/mol. The van der Waals surface area contributed by atoms with Crippen LogP contribution in [-0.4, -0.2) is 65.5 Å². The van der Waals surface area contributed by atoms with Crippen molar-refractivity contribution in [2.75, 3.05) is 26.8 Å². The molecular formula is C50H55NO6. The van der Waals surface area contributed by atoms with E-state index in [4.69, 9.17) is 9.47 Å². The van der Waals surface area contributed by atoms with E-state index in [0.29, 0.717) is 43.7 Å². The maximum Gasteiger partial charge on any atom is 0.415 e. The SMILES string of the molecule is COCCCN(C[C@]1(O)CC[C@H]2[C@]34C=C[C@@]5(C=C3C(=O)c3ccc(-c6ccccc6)cc3)CC(O)CC[C@]5(C)[C@H]4CC[C@@]21C)C(=O)Oc1ccc2ccccc2c1. The highest BCUT2D eigenvalue weighted by Crippen LogP contribution is 2.78. The van der Waals surface area contributed by atoms with E-state index in [-0.39, 0.29) is 29.6 Å². The summed E-state index contributed by atoms with van der Waals surface area (Å²) in [4.78, 5) is 30.9. The number of amides is 1. The number of ketones is 1. The minimum absolute atomic E-state index is 0.0327. The standard InChI is InChI=1S/C50H55NO6/c1-46-23-20-39(52)31-48(46)26-27-50(41(32-48)44(53)37-16-14-36(15-17-37)34-10-5-4-6-11-34)42(46)21-24-47(2)43(50)22-25-49(47,55)33-51(28-9-29-56-3)45(54)57-40-19-18-35-12-7-8-13-38(35)30-40/h4-8,10-19,26-27,30,32,39,42-43,52,55H,9,20-25,28-29,31,33H2,1-3H3/t39?,42-,43-,46-,47+,48+,49-,50-/m1/s1. The van der Waals surface area contributed by atoms with E-state index in [1.165, 1.54) is 0 Å². The first-order chi connectivity index (χ1) is 27.5. The second-order valence-corrected chi connectivity index (χ2v) is 18.2. The van der Waals surface area contributed by atoms with Crippen LogP contribution in [-0.2, 0) is 4.74 Å². The normalized spacial score (nSPS) is 33.6. The number of ether oxygens (including phenoxy) is 2. The molecule has 4 aromatic rings. The van der Waals surface area contributed by atoms with E-state index in [2.05, 4.69) is 44.2 Å². The Hall–Kier alpha value is -4.56. The largest absolute Gasteiger partial charge is 0.415 e. The number of aliphatic hydroxyl groups is 2. The van der Waals surface area contributed by atoms with Crippen molar-refractivity contribution in [3.63, 3.8) is 0 Å². The monoisotopic (exact) mass is 765 g/mol. The van der Waals surface area contributed by atoms with Crippen LogP contribution >= 0.6 is 0 Å². The smallest absolute Gasteiger partial charge is 0.410 e. The number of carbonyl (C=O) groups is 2. The fourth-order valence-electron chi connectivity index (χ4n) is 12.5. The molecule has 296 valence electrons. The number of methoxy groups -OCH3 is 1. The molecule has 6 aliphatic rings. The van der Waals surface area contributed by atoms with Crippen LogP contribution in [0.3, 0.4) is 0 Å². The average Bonchev–Trinajstić information content (AvgIpc) is 3.50. The van der Waals surface area contributed by atoms with Crippen molar-refractivity contribution >= 4 is 22.6 Å². The fourth-order valence-corrected chi connectivity index (χ4v) is 12.5. The second kappa shape index (κ2) is 14.1. The number of Topliss-reactive ketones (excluding diaryl/α,β-unsaturated/α-hetero) is 1. The van der Waals surface area contributed by atoms with Gasteiger partial charge in [0.25, 0.3) is 0 Å². The molecule has 1 amide bonds. The van der Waals surface area contributed by atoms with Gasteiger partial charge in [-0.05, 0) is 103 Å². The summed E-state index contributed by atoms with van der Waals surface area (Å²) < 4.78 is 11.4. The first-order valence-corrected chi connectivity index (χ1v) is 20.9. The van der Waals surface area contributed by atoms with Crippen LogP contribution < -0.4 is 4.74 Å². The van der Waals surface area contributed by atoms with Gasteiger partial charge in [0.2, 0.25) is 0 Å². The molecule has 8 atom stereocenters. The second-order valence-electron chi connectivity index (χ2n) is 18.2. The molecule has 6 aliphatic carbocycles. The summed E-state index contributed by atoms with van der Waals surface area (Å²) in [5, 5.41) is 26.3. The minimum atomic E-state index is -1.22. The lowest BCUT2D eigenvalue weighted by Crippen LogP contribution is -2.67. The van der Waals surface area contributed by atoms with Crippen LogP contribution in [0.15, 0.2) is 121 Å². The van der Waals surface area contributed by atoms with Gasteiger partial charge >= 0.3 is 6.09 Å². The minimum Gasteiger partial charge on any atom is -0.410 e. The van der Waals surface area contributed by atoms with E-state index < -0.39 is 34.0 Å². The van der Waals surface area contributed by atoms with Crippen LogP contribution in [0.4, 0.5) is 4.79 Å². The van der Waals surface area contributed by atoms with Gasteiger partial charge < -0.3 is 24.6 Å². The number of hydrogen-bond donors (Lipinski definition) is 2. The highest BCUT2D eigenvalue weighted by atomic mass is 16.6. The number of carbonyl (C=O) groups excluding carboxylic acids is 2.